The van der Waals surface area contributed by atoms with Crippen LogP contribution in [0.3, 0.4) is 0 Å². The van der Waals surface area contributed by atoms with Gasteiger partial charge in [-0.3, -0.25) is 9.78 Å². The van der Waals surface area contributed by atoms with E-state index in [1.807, 2.05) is 19.1 Å². The zero-order valence-electron chi connectivity index (χ0n) is 11.0. The Kier molecular flexibility index (Phi) is 4.71. The molecule has 1 aromatic carbocycles. The van der Waals surface area contributed by atoms with Crippen LogP contribution >= 0.6 is 11.6 Å². The van der Waals surface area contributed by atoms with Gasteiger partial charge in [0, 0.05) is 29.0 Å². The normalized spacial score (nSPS) is 11.9. The Bertz CT molecular complexity index is 616. The van der Waals surface area contributed by atoms with E-state index in [0.717, 1.165) is 11.3 Å². The van der Waals surface area contributed by atoms with E-state index in [0.29, 0.717) is 17.1 Å². The molecule has 0 fully saturated rings. The fourth-order valence-electron chi connectivity index (χ4n) is 1.84. The van der Waals surface area contributed by atoms with Gasteiger partial charge in [-0.05, 0) is 30.7 Å². The highest BCUT2D eigenvalue weighted by Crippen LogP contribution is 2.22. The molecule has 1 aromatic heterocycles. The molecule has 0 aliphatic heterocycles. The first-order valence-electron chi connectivity index (χ1n) is 6.19. The first kappa shape index (κ1) is 14.5. The van der Waals surface area contributed by atoms with Gasteiger partial charge in [-0.15, -0.1) is 0 Å². The van der Waals surface area contributed by atoms with E-state index in [4.69, 9.17) is 11.6 Å². The quantitative estimate of drug-likeness (QED) is 0.909. The second-order valence-corrected chi connectivity index (χ2v) is 4.85. The number of carbonyl (C=O) groups is 1. The highest BCUT2D eigenvalue weighted by molar-refractivity contribution is 6.31. The fourth-order valence-corrected chi connectivity index (χ4v) is 2.08. The predicted molar refractivity (Wildman–Crippen MR) is 77.2 cm³/mol. The highest BCUT2D eigenvalue weighted by atomic mass is 35.5. The number of pyridine rings is 1. The molecule has 4 nitrogen and oxygen atoms in total. The Balaban J connectivity index is 2.00. The van der Waals surface area contributed by atoms with Crippen molar-refractivity contribution in [3.8, 4) is 0 Å². The smallest absolute Gasteiger partial charge is 0.253 e. The lowest BCUT2D eigenvalue weighted by Crippen LogP contribution is -2.29. The Hall–Kier alpha value is -1.91. The van der Waals surface area contributed by atoms with Gasteiger partial charge in [0.05, 0.1) is 0 Å². The molecule has 0 aliphatic carbocycles. The van der Waals surface area contributed by atoms with Crippen LogP contribution in [0.4, 0.5) is 0 Å². The number of aliphatic hydroxyl groups excluding tert-OH is 1. The topological polar surface area (TPSA) is 62.2 Å². The molecule has 2 N–H and O–H groups in total. The lowest BCUT2D eigenvalue weighted by atomic mass is 10.1. The number of hydrogen-bond donors (Lipinski definition) is 2. The van der Waals surface area contributed by atoms with Gasteiger partial charge in [0.15, 0.2) is 6.10 Å². The molecular weight excluding hydrogens is 276 g/mol. The summed E-state index contributed by atoms with van der Waals surface area (Å²) in [5, 5.41) is 13.0. The summed E-state index contributed by atoms with van der Waals surface area (Å²) in [6.07, 6.45) is 0.410. The van der Waals surface area contributed by atoms with Gasteiger partial charge in [0.2, 0.25) is 0 Å². The van der Waals surface area contributed by atoms with Crippen molar-refractivity contribution in [1.29, 1.82) is 0 Å². The summed E-state index contributed by atoms with van der Waals surface area (Å²) >= 11 is 5.95. The number of nitrogens with zero attached hydrogens (tertiary/aromatic N) is 1. The number of halogens is 1. The van der Waals surface area contributed by atoms with Crippen molar-refractivity contribution in [3.05, 3.63) is 64.4 Å². The summed E-state index contributed by atoms with van der Waals surface area (Å²) in [6, 6.07) is 10.4. The van der Waals surface area contributed by atoms with Crippen molar-refractivity contribution in [3.63, 3.8) is 0 Å². The summed E-state index contributed by atoms with van der Waals surface area (Å²) in [7, 11) is 0. The minimum absolute atomic E-state index is 0.337. The number of carbonyl (C=O) groups excluding carboxylic acids is 1. The average molecular weight is 291 g/mol. The van der Waals surface area contributed by atoms with E-state index < -0.39 is 12.0 Å². The molecule has 0 bridgehead atoms. The zero-order valence-corrected chi connectivity index (χ0v) is 11.8. The molecular formula is C15H15ClN2O2. The number of hydrogen-bond acceptors (Lipinski definition) is 3. The van der Waals surface area contributed by atoms with Gasteiger partial charge in [-0.2, -0.15) is 0 Å². The van der Waals surface area contributed by atoms with Gasteiger partial charge in [0.1, 0.15) is 0 Å². The Morgan fingerprint density at radius 3 is 2.85 bits per heavy atom. The lowest BCUT2D eigenvalue weighted by Gasteiger charge is -2.13. The van der Waals surface area contributed by atoms with Crippen LogP contribution in [0.5, 0.6) is 0 Å². The lowest BCUT2D eigenvalue weighted by molar-refractivity contribution is -0.129. The Morgan fingerprint density at radius 1 is 1.40 bits per heavy atom. The van der Waals surface area contributed by atoms with Crippen LogP contribution < -0.4 is 5.32 Å². The van der Waals surface area contributed by atoms with E-state index in [1.165, 1.54) is 0 Å². The van der Waals surface area contributed by atoms with E-state index >= 15 is 0 Å². The van der Waals surface area contributed by atoms with E-state index in [9.17, 15) is 9.90 Å². The van der Waals surface area contributed by atoms with Crippen LogP contribution in [0.15, 0.2) is 42.6 Å². The second kappa shape index (κ2) is 6.50. The number of aromatic nitrogens is 1. The van der Waals surface area contributed by atoms with Gasteiger partial charge >= 0.3 is 0 Å². The number of benzene rings is 1. The van der Waals surface area contributed by atoms with Crippen LogP contribution in [0.2, 0.25) is 5.02 Å². The van der Waals surface area contributed by atoms with Crippen LogP contribution in [0.25, 0.3) is 0 Å². The summed E-state index contributed by atoms with van der Waals surface area (Å²) in [5.74, 6) is -0.479. The predicted octanol–water partition coefficient (Wildman–Crippen LogP) is 2.39. The number of rotatable bonds is 4. The first-order chi connectivity index (χ1) is 9.58. The maximum absolute atomic E-state index is 11.9. The minimum Gasteiger partial charge on any atom is -0.378 e. The molecule has 1 heterocycles. The van der Waals surface area contributed by atoms with Gasteiger partial charge in [0.25, 0.3) is 5.91 Å². The van der Waals surface area contributed by atoms with Crippen LogP contribution in [-0.4, -0.2) is 16.0 Å². The maximum atomic E-state index is 11.9. The number of aliphatic hydroxyl groups is 1. The zero-order chi connectivity index (χ0) is 14.5. The largest absolute Gasteiger partial charge is 0.378 e. The molecule has 0 saturated carbocycles. The molecule has 2 rings (SSSR count). The Morgan fingerprint density at radius 2 is 2.15 bits per heavy atom. The molecule has 104 valence electrons. The molecule has 20 heavy (non-hydrogen) atoms. The van der Waals surface area contributed by atoms with Gasteiger partial charge in [-0.1, -0.05) is 29.8 Å². The standard InChI is InChI=1S/C15H15ClN2O2/c1-10-8-11(6-7-17-10)9-18-15(20)14(19)12-4-2-3-5-13(12)16/h2-8,14,19H,9H2,1H3,(H,18,20). The summed E-state index contributed by atoms with van der Waals surface area (Å²) in [5.41, 5.74) is 2.21. The van der Waals surface area contributed by atoms with E-state index in [1.54, 1.807) is 30.5 Å². The molecule has 5 heteroatoms. The van der Waals surface area contributed by atoms with Crippen LogP contribution in [0.1, 0.15) is 22.9 Å². The third-order valence-electron chi connectivity index (χ3n) is 2.88. The van der Waals surface area contributed by atoms with Crippen LogP contribution in [-0.2, 0) is 11.3 Å². The molecule has 0 radical (unpaired) electrons. The molecule has 1 atom stereocenters. The summed E-state index contributed by atoms with van der Waals surface area (Å²) in [4.78, 5) is 16.0. The molecule has 0 saturated heterocycles. The summed E-state index contributed by atoms with van der Waals surface area (Å²) in [6.45, 7) is 2.22. The van der Waals surface area contributed by atoms with E-state index in [-0.39, 0.29) is 0 Å². The fraction of sp³-hybridized carbons (Fsp3) is 0.200. The van der Waals surface area contributed by atoms with Crippen molar-refractivity contribution in [2.24, 2.45) is 0 Å². The average Bonchev–Trinajstić information content (AvgIpc) is 2.44. The monoisotopic (exact) mass is 290 g/mol. The SMILES string of the molecule is Cc1cc(CNC(=O)C(O)c2ccccc2Cl)ccn1. The molecule has 0 aliphatic rings. The molecule has 1 amide bonds. The van der Waals surface area contributed by atoms with Gasteiger partial charge < -0.3 is 10.4 Å². The third kappa shape index (κ3) is 3.56. The third-order valence-corrected chi connectivity index (χ3v) is 3.22. The summed E-state index contributed by atoms with van der Waals surface area (Å²) < 4.78 is 0. The molecule has 2 aromatic rings. The number of aryl methyl sites for hydroxylation is 1. The van der Waals surface area contributed by atoms with E-state index in [2.05, 4.69) is 10.3 Å². The first-order valence-corrected chi connectivity index (χ1v) is 6.57. The highest BCUT2D eigenvalue weighted by Gasteiger charge is 2.19. The number of amides is 1. The van der Waals surface area contributed by atoms with Crippen molar-refractivity contribution in [1.82, 2.24) is 10.3 Å². The molecule has 1 unspecified atom stereocenters. The second-order valence-electron chi connectivity index (χ2n) is 4.45. The Labute approximate surface area is 122 Å². The maximum Gasteiger partial charge on any atom is 0.253 e. The van der Waals surface area contributed by atoms with Crippen molar-refractivity contribution in [2.75, 3.05) is 0 Å². The van der Waals surface area contributed by atoms with Crippen molar-refractivity contribution < 1.29 is 9.90 Å². The van der Waals surface area contributed by atoms with Gasteiger partial charge in [-0.25, -0.2) is 0 Å². The van der Waals surface area contributed by atoms with Crippen molar-refractivity contribution in [2.45, 2.75) is 19.6 Å². The minimum atomic E-state index is -1.27. The van der Waals surface area contributed by atoms with Crippen LogP contribution in [0, 0.1) is 6.92 Å². The molecule has 0 spiro atoms. The van der Waals surface area contributed by atoms with Crippen molar-refractivity contribution >= 4 is 17.5 Å². The number of nitrogens with one attached hydrogen (secondary N) is 1.